The van der Waals surface area contributed by atoms with Gasteiger partial charge in [-0.05, 0) is 24.5 Å². The predicted molar refractivity (Wildman–Crippen MR) is 138 cm³/mol. The molecule has 14 heteroatoms. The molecule has 36 heavy (non-hydrogen) atoms. The average molecular weight is 521 g/mol. The lowest BCUT2D eigenvalue weighted by Gasteiger charge is -2.20. The van der Waals surface area contributed by atoms with Gasteiger partial charge in [0.05, 0.1) is 12.6 Å². The van der Waals surface area contributed by atoms with E-state index in [9.17, 15) is 24.3 Å². The number of benzene rings is 1. The first-order valence-corrected chi connectivity index (χ1v) is 11.8. The van der Waals surface area contributed by atoms with Crippen molar-refractivity contribution in [3.63, 3.8) is 0 Å². The molecule has 0 aliphatic heterocycles. The lowest BCUT2D eigenvalue weighted by Crippen LogP contribution is -2.54. The van der Waals surface area contributed by atoms with Gasteiger partial charge in [0.25, 0.3) is 0 Å². The number of fused-ring (bicyclic) bond motifs is 1. The maximum atomic E-state index is 12.9. The predicted octanol–water partition coefficient (Wildman–Crippen LogP) is -1.81. The van der Waals surface area contributed by atoms with Gasteiger partial charge in [0.2, 0.25) is 17.7 Å². The third-order valence-corrected chi connectivity index (χ3v) is 5.66. The number of aromatic nitrogens is 1. The number of amides is 3. The Kier molecular flexibility index (Phi) is 11.0. The van der Waals surface area contributed by atoms with Crippen LogP contribution in [0.2, 0.25) is 0 Å². The Morgan fingerprint density at radius 1 is 1.08 bits per heavy atom. The molecule has 2 aromatic rings. The lowest BCUT2D eigenvalue weighted by molar-refractivity contribution is -0.142. The van der Waals surface area contributed by atoms with Crippen LogP contribution < -0.4 is 33.2 Å². The zero-order chi connectivity index (χ0) is 26.7. The summed E-state index contributed by atoms with van der Waals surface area (Å²) in [5, 5.41) is 17.6. The number of nitrogens with one attached hydrogen (secondary N) is 4. The van der Waals surface area contributed by atoms with E-state index in [2.05, 4.69) is 38.6 Å². The van der Waals surface area contributed by atoms with Crippen LogP contribution in [0.5, 0.6) is 0 Å². The SMILES string of the molecule is NC(N)=NCCCC(NC(=O)CNC(=O)C(Cc1c[nH]c2ccccc12)NC(=O)C(N)CS)C(=O)O. The number of aliphatic imine (C=N–C) groups is 1. The van der Waals surface area contributed by atoms with Crippen LogP contribution in [0, 0.1) is 0 Å². The number of carbonyl (C=O) groups is 4. The number of guanidine groups is 1. The van der Waals surface area contributed by atoms with Gasteiger partial charge >= 0.3 is 5.97 Å². The van der Waals surface area contributed by atoms with Crippen LogP contribution >= 0.6 is 12.6 Å². The van der Waals surface area contributed by atoms with Gasteiger partial charge in [-0.15, -0.1) is 0 Å². The summed E-state index contributed by atoms with van der Waals surface area (Å²) in [6, 6.07) is 4.33. The van der Waals surface area contributed by atoms with Gasteiger partial charge in [-0.25, -0.2) is 4.79 Å². The molecule has 13 nitrogen and oxygen atoms in total. The van der Waals surface area contributed by atoms with E-state index in [1.165, 1.54) is 0 Å². The molecule has 0 spiro atoms. The van der Waals surface area contributed by atoms with Gasteiger partial charge < -0.3 is 43.2 Å². The number of thiol groups is 1. The van der Waals surface area contributed by atoms with E-state index in [1.54, 1.807) is 6.20 Å². The van der Waals surface area contributed by atoms with E-state index in [-0.39, 0.29) is 31.1 Å². The molecule has 1 heterocycles. The molecule has 0 radical (unpaired) electrons. The van der Waals surface area contributed by atoms with Crippen molar-refractivity contribution in [3.05, 3.63) is 36.0 Å². The number of carbonyl (C=O) groups excluding carboxylic acids is 3. The molecule has 2 rings (SSSR count). The van der Waals surface area contributed by atoms with E-state index < -0.39 is 48.4 Å². The van der Waals surface area contributed by atoms with Gasteiger partial charge in [0, 0.05) is 35.8 Å². The van der Waals surface area contributed by atoms with Crippen LogP contribution in [0.25, 0.3) is 10.9 Å². The molecule has 1 aromatic heterocycles. The van der Waals surface area contributed by atoms with Crippen molar-refractivity contribution in [1.29, 1.82) is 0 Å². The van der Waals surface area contributed by atoms with Crippen molar-refractivity contribution >= 4 is 53.2 Å². The largest absolute Gasteiger partial charge is 0.480 e. The Labute approximate surface area is 213 Å². The van der Waals surface area contributed by atoms with Crippen molar-refractivity contribution in [2.45, 2.75) is 37.4 Å². The second kappa shape index (κ2) is 13.9. The first-order valence-electron chi connectivity index (χ1n) is 11.2. The summed E-state index contributed by atoms with van der Waals surface area (Å²) in [6.07, 6.45) is 2.28. The van der Waals surface area contributed by atoms with E-state index in [0.29, 0.717) is 6.42 Å². The summed E-state index contributed by atoms with van der Waals surface area (Å²) in [5.74, 6) is -3.17. The fourth-order valence-electron chi connectivity index (χ4n) is 3.39. The van der Waals surface area contributed by atoms with Gasteiger partial charge in [-0.3, -0.25) is 19.4 Å². The smallest absolute Gasteiger partial charge is 0.326 e. The number of rotatable bonds is 14. The first kappa shape index (κ1) is 28.5. The van der Waals surface area contributed by atoms with Gasteiger partial charge in [0.15, 0.2) is 5.96 Å². The number of carboxylic acid groups (broad SMARTS) is 1. The number of hydrogen-bond donors (Lipinski definition) is 9. The highest BCUT2D eigenvalue weighted by Crippen LogP contribution is 2.19. The summed E-state index contributed by atoms with van der Waals surface area (Å²) in [4.78, 5) is 55.9. The maximum Gasteiger partial charge on any atom is 0.326 e. The zero-order valence-electron chi connectivity index (χ0n) is 19.6. The summed E-state index contributed by atoms with van der Waals surface area (Å²) >= 11 is 4.01. The van der Waals surface area contributed by atoms with Crippen LogP contribution in [0.15, 0.2) is 35.5 Å². The molecule has 0 aliphatic carbocycles. The number of H-pyrrole nitrogens is 1. The summed E-state index contributed by atoms with van der Waals surface area (Å²) < 4.78 is 0. The van der Waals surface area contributed by atoms with Crippen molar-refractivity contribution in [3.8, 4) is 0 Å². The van der Waals surface area contributed by atoms with Crippen LogP contribution in [-0.4, -0.2) is 76.7 Å². The number of aromatic amines is 1. The Morgan fingerprint density at radius 3 is 2.47 bits per heavy atom. The Balaban J connectivity index is 2.02. The molecular weight excluding hydrogens is 488 g/mol. The summed E-state index contributed by atoms with van der Waals surface area (Å²) in [7, 11) is 0. The highest BCUT2D eigenvalue weighted by Gasteiger charge is 2.26. The monoisotopic (exact) mass is 520 g/mol. The molecule has 3 unspecified atom stereocenters. The number of aliphatic carboxylic acids is 1. The molecular formula is C22H32N8O5S. The molecule has 11 N–H and O–H groups in total. The number of carboxylic acids is 1. The first-order chi connectivity index (χ1) is 17.1. The number of nitrogens with zero attached hydrogens (tertiary/aromatic N) is 1. The van der Waals surface area contributed by atoms with Crippen molar-refractivity contribution < 1.29 is 24.3 Å². The average Bonchev–Trinajstić information content (AvgIpc) is 3.25. The minimum atomic E-state index is -1.23. The minimum Gasteiger partial charge on any atom is -0.480 e. The van der Waals surface area contributed by atoms with E-state index >= 15 is 0 Å². The molecule has 0 saturated carbocycles. The standard InChI is InChI=1S/C22H32N8O5S/c23-14(11-36)19(32)30-17(8-12-9-27-15-5-2-1-4-13(12)15)20(33)28-10-18(31)29-16(21(34)35)6-3-7-26-22(24)25/h1-2,4-5,9,14,16-17,27,36H,3,6-8,10-11,23H2,(H,28,33)(H,29,31)(H,30,32)(H,34,35)(H4,24,25,26). The number of nitrogens with two attached hydrogens (primary N) is 3. The molecule has 0 saturated heterocycles. The summed E-state index contributed by atoms with van der Waals surface area (Å²) in [6.45, 7) is -0.280. The normalized spacial score (nSPS) is 13.3. The van der Waals surface area contributed by atoms with Crippen molar-refractivity contribution in [1.82, 2.24) is 20.9 Å². The molecule has 0 bridgehead atoms. The fourth-order valence-corrected chi connectivity index (χ4v) is 3.55. The highest BCUT2D eigenvalue weighted by molar-refractivity contribution is 7.80. The molecule has 1 aromatic carbocycles. The topological polar surface area (TPSA) is 231 Å². The van der Waals surface area contributed by atoms with Crippen molar-refractivity contribution in [2.24, 2.45) is 22.2 Å². The maximum absolute atomic E-state index is 12.9. The second-order valence-corrected chi connectivity index (χ2v) is 8.40. The molecule has 3 atom stereocenters. The molecule has 3 amide bonds. The van der Waals surface area contributed by atoms with E-state index in [0.717, 1.165) is 16.5 Å². The van der Waals surface area contributed by atoms with E-state index in [1.807, 2.05) is 24.3 Å². The molecule has 0 fully saturated rings. The lowest BCUT2D eigenvalue weighted by atomic mass is 10.0. The van der Waals surface area contributed by atoms with Crippen LogP contribution in [0.1, 0.15) is 18.4 Å². The quantitative estimate of drug-likeness (QED) is 0.0595. The second-order valence-electron chi connectivity index (χ2n) is 8.04. The third-order valence-electron chi connectivity index (χ3n) is 5.27. The third kappa shape index (κ3) is 8.78. The fraction of sp³-hybridized carbons (Fsp3) is 0.409. The van der Waals surface area contributed by atoms with Gasteiger partial charge in [-0.1, -0.05) is 18.2 Å². The zero-order valence-corrected chi connectivity index (χ0v) is 20.5. The van der Waals surface area contributed by atoms with Crippen LogP contribution in [0.4, 0.5) is 0 Å². The van der Waals surface area contributed by atoms with Gasteiger partial charge in [-0.2, -0.15) is 12.6 Å². The number of hydrogen-bond acceptors (Lipinski definition) is 7. The van der Waals surface area contributed by atoms with Crippen molar-refractivity contribution in [2.75, 3.05) is 18.8 Å². The van der Waals surface area contributed by atoms with Crippen LogP contribution in [-0.2, 0) is 25.6 Å². The Morgan fingerprint density at radius 2 is 1.81 bits per heavy atom. The number of para-hydroxylation sites is 1. The Bertz CT molecular complexity index is 1100. The van der Waals surface area contributed by atoms with Crippen LogP contribution in [0.3, 0.4) is 0 Å². The van der Waals surface area contributed by atoms with E-state index in [4.69, 9.17) is 17.2 Å². The van der Waals surface area contributed by atoms with Gasteiger partial charge in [0.1, 0.15) is 12.1 Å². The highest BCUT2D eigenvalue weighted by atomic mass is 32.1. The Hall–Kier alpha value is -3.78. The molecule has 0 aliphatic rings. The molecule has 196 valence electrons. The minimum absolute atomic E-state index is 0.0788. The summed E-state index contributed by atoms with van der Waals surface area (Å²) in [5.41, 5.74) is 17.8.